The topological polar surface area (TPSA) is 17.3 Å². The maximum absolute atomic E-state index is 14.4. The lowest BCUT2D eigenvalue weighted by Gasteiger charge is -2.26. The summed E-state index contributed by atoms with van der Waals surface area (Å²) in [4.78, 5) is 5.18. The summed E-state index contributed by atoms with van der Waals surface area (Å²) >= 11 is 0.433. The molecule has 5 aromatic rings. The van der Waals surface area contributed by atoms with Gasteiger partial charge in [-0.05, 0) is 81.7 Å². The van der Waals surface area contributed by atoms with Gasteiger partial charge in [-0.25, -0.2) is 4.98 Å². The van der Waals surface area contributed by atoms with E-state index in [2.05, 4.69) is 87.6 Å². The Balaban J connectivity index is 2.08. The Hall–Kier alpha value is -2.85. The van der Waals surface area contributed by atoms with Crippen LogP contribution in [0.4, 0.5) is 3.89 Å². The third-order valence-electron chi connectivity index (χ3n) is 7.35. The summed E-state index contributed by atoms with van der Waals surface area (Å²) in [5, 5.41) is 3.34. The summed E-state index contributed by atoms with van der Waals surface area (Å²) < 4.78 is 16.1. The molecule has 0 aliphatic rings. The molecule has 4 heteroatoms. The second kappa shape index (κ2) is 8.13. The second-order valence-electron chi connectivity index (χ2n) is 9.89. The number of pyridine rings is 1. The van der Waals surface area contributed by atoms with Crippen LogP contribution >= 0.6 is 12.1 Å². The first-order valence-corrected chi connectivity index (χ1v) is 12.6. The Bertz CT molecular complexity index is 1570. The van der Waals surface area contributed by atoms with Gasteiger partial charge in [0.05, 0.1) is 33.8 Å². The Labute approximate surface area is 205 Å². The molecule has 0 bridgehead atoms. The summed E-state index contributed by atoms with van der Waals surface area (Å²) in [7, 11) is 0. The van der Waals surface area contributed by atoms with Gasteiger partial charge in [-0.15, -0.1) is 0 Å². The molecule has 1 unspecified atom stereocenters. The van der Waals surface area contributed by atoms with Crippen molar-refractivity contribution in [1.82, 2.24) is 9.38 Å². The number of aromatic nitrogens is 2. The standard InChI is InChI=1S/C30H31FN2S/c1-8-30(7,34-31)24-11-9-10-23-22-13-12-17(2)16-25(22)33-28(21(6)32-29(33)27(23)24)26-19(4)14-18(3)15-20(26)5/h9-16H,8H2,1-7H3. The molecule has 0 aliphatic carbocycles. The molecule has 0 saturated heterocycles. The van der Waals surface area contributed by atoms with Crippen molar-refractivity contribution in [2.45, 2.75) is 59.6 Å². The fraction of sp³-hybridized carbons (Fsp3) is 0.300. The average Bonchev–Trinajstić information content (AvgIpc) is 3.14. The second-order valence-corrected chi connectivity index (χ2v) is 10.9. The molecule has 3 aromatic carbocycles. The smallest absolute Gasteiger partial charge is 0.146 e. The molecule has 174 valence electrons. The number of nitrogens with zero attached hydrogens (tertiary/aromatic N) is 2. The number of hydrogen-bond acceptors (Lipinski definition) is 2. The molecule has 0 spiro atoms. The van der Waals surface area contributed by atoms with Crippen LogP contribution in [0.15, 0.2) is 48.5 Å². The normalized spacial score (nSPS) is 13.8. The monoisotopic (exact) mass is 470 g/mol. The van der Waals surface area contributed by atoms with E-state index in [0.29, 0.717) is 18.6 Å². The van der Waals surface area contributed by atoms with Crippen LogP contribution in [0.2, 0.25) is 0 Å². The molecular formula is C30H31FN2S. The highest BCUT2D eigenvalue weighted by molar-refractivity contribution is 7.95. The van der Waals surface area contributed by atoms with E-state index in [1.807, 2.05) is 13.8 Å². The van der Waals surface area contributed by atoms with Crippen molar-refractivity contribution in [3.05, 3.63) is 82.0 Å². The average molecular weight is 471 g/mol. The minimum Gasteiger partial charge on any atom is -0.291 e. The zero-order chi connectivity index (χ0) is 24.4. The van der Waals surface area contributed by atoms with Crippen LogP contribution in [-0.4, -0.2) is 9.38 Å². The molecule has 0 aliphatic heterocycles. The van der Waals surface area contributed by atoms with E-state index in [1.165, 1.54) is 33.2 Å². The first-order valence-electron chi connectivity index (χ1n) is 11.9. The van der Waals surface area contributed by atoms with Gasteiger partial charge >= 0.3 is 0 Å². The van der Waals surface area contributed by atoms with Gasteiger partial charge in [0.25, 0.3) is 0 Å². The van der Waals surface area contributed by atoms with Crippen LogP contribution in [-0.2, 0) is 4.75 Å². The molecule has 1 atom stereocenters. The van der Waals surface area contributed by atoms with Gasteiger partial charge in [0.2, 0.25) is 0 Å². The van der Waals surface area contributed by atoms with Gasteiger partial charge in [0.1, 0.15) is 5.65 Å². The van der Waals surface area contributed by atoms with Crippen LogP contribution in [0.5, 0.6) is 0 Å². The summed E-state index contributed by atoms with van der Waals surface area (Å²) in [6.07, 6.45) is 0.689. The predicted molar refractivity (Wildman–Crippen MR) is 146 cm³/mol. The van der Waals surface area contributed by atoms with Crippen molar-refractivity contribution < 1.29 is 3.89 Å². The van der Waals surface area contributed by atoms with Crippen molar-refractivity contribution in [2.24, 2.45) is 0 Å². The van der Waals surface area contributed by atoms with Crippen molar-refractivity contribution in [1.29, 1.82) is 0 Å². The number of rotatable bonds is 4. The third kappa shape index (κ3) is 3.26. The van der Waals surface area contributed by atoms with E-state index in [-0.39, 0.29) is 0 Å². The van der Waals surface area contributed by atoms with Gasteiger partial charge < -0.3 is 0 Å². The fourth-order valence-electron chi connectivity index (χ4n) is 5.58. The van der Waals surface area contributed by atoms with Gasteiger partial charge in [0.15, 0.2) is 0 Å². The zero-order valence-corrected chi connectivity index (χ0v) is 21.8. The third-order valence-corrected chi connectivity index (χ3v) is 8.20. The molecule has 0 N–H and O–H groups in total. The van der Waals surface area contributed by atoms with E-state index in [9.17, 15) is 3.89 Å². The Morgan fingerprint density at radius 1 is 0.912 bits per heavy atom. The van der Waals surface area contributed by atoms with Gasteiger partial charge in [-0.2, -0.15) is 3.89 Å². The summed E-state index contributed by atoms with van der Waals surface area (Å²) in [5.41, 5.74) is 11.4. The highest BCUT2D eigenvalue weighted by atomic mass is 32.2. The molecule has 2 nitrogen and oxygen atoms in total. The number of hydrogen-bond donors (Lipinski definition) is 0. The van der Waals surface area contributed by atoms with Crippen LogP contribution in [0, 0.1) is 34.6 Å². The number of halogens is 1. The largest absolute Gasteiger partial charge is 0.291 e. The van der Waals surface area contributed by atoms with Gasteiger partial charge in [-0.1, -0.05) is 55.0 Å². The number of benzene rings is 3. The summed E-state index contributed by atoms with van der Waals surface area (Å²) in [6, 6.07) is 17.4. The van der Waals surface area contributed by atoms with Crippen molar-refractivity contribution in [2.75, 3.05) is 0 Å². The van der Waals surface area contributed by atoms with Crippen LogP contribution < -0.4 is 0 Å². The van der Waals surface area contributed by atoms with Crippen molar-refractivity contribution >= 4 is 39.5 Å². The molecule has 0 fully saturated rings. The lowest BCUT2D eigenvalue weighted by atomic mass is 9.91. The lowest BCUT2D eigenvalue weighted by Crippen LogP contribution is -2.15. The quantitative estimate of drug-likeness (QED) is 0.244. The van der Waals surface area contributed by atoms with Gasteiger partial charge in [-0.3, -0.25) is 4.40 Å². The fourth-order valence-corrected chi connectivity index (χ4v) is 5.94. The predicted octanol–water partition coefficient (Wildman–Crippen LogP) is 9.09. The van der Waals surface area contributed by atoms with Crippen LogP contribution in [0.3, 0.4) is 0 Å². The Morgan fingerprint density at radius 3 is 2.26 bits per heavy atom. The summed E-state index contributed by atoms with van der Waals surface area (Å²) in [6.45, 7) is 14.8. The summed E-state index contributed by atoms with van der Waals surface area (Å²) in [5.74, 6) is 0. The molecule has 0 radical (unpaired) electrons. The van der Waals surface area contributed by atoms with E-state index in [1.54, 1.807) is 0 Å². The number of imidazole rings is 1. The number of fused-ring (bicyclic) bond motifs is 6. The molecule has 2 aromatic heterocycles. The maximum Gasteiger partial charge on any atom is 0.146 e. The van der Waals surface area contributed by atoms with Gasteiger partial charge in [0, 0.05) is 16.3 Å². The first-order chi connectivity index (χ1) is 16.2. The molecule has 5 rings (SSSR count). The lowest BCUT2D eigenvalue weighted by molar-refractivity contribution is 0.648. The Kier molecular flexibility index (Phi) is 5.48. The minimum absolute atomic E-state index is 0.433. The van der Waals surface area contributed by atoms with Crippen LogP contribution in [0.25, 0.3) is 38.6 Å². The number of aryl methyl sites for hydroxylation is 5. The SMILES string of the molecule is CCC(C)(SF)c1cccc2c3ccc(C)cc3n3c(-c4c(C)cc(C)cc4C)c(C)nc3c12. The van der Waals surface area contributed by atoms with Crippen LogP contribution in [0.1, 0.15) is 53.8 Å². The van der Waals surface area contributed by atoms with E-state index >= 15 is 0 Å². The first kappa shape index (κ1) is 22.9. The molecule has 0 amide bonds. The molecule has 34 heavy (non-hydrogen) atoms. The Morgan fingerprint density at radius 2 is 1.62 bits per heavy atom. The molecule has 2 heterocycles. The molecular weight excluding hydrogens is 439 g/mol. The maximum atomic E-state index is 14.4. The van der Waals surface area contributed by atoms with Crippen molar-refractivity contribution in [3.63, 3.8) is 0 Å². The van der Waals surface area contributed by atoms with E-state index in [0.717, 1.165) is 38.9 Å². The highest BCUT2D eigenvalue weighted by Crippen LogP contribution is 2.46. The highest BCUT2D eigenvalue weighted by Gasteiger charge is 2.31. The minimum atomic E-state index is -0.645. The molecule has 0 saturated carbocycles. The van der Waals surface area contributed by atoms with Crippen molar-refractivity contribution in [3.8, 4) is 11.3 Å². The zero-order valence-electron chi connectivity index (χ0n) is 21.0. The van der Waals surface area contributed by atoms with E-state index in [4.69, 9.17) is 4.98 Å². The van der Waals surface area contributed by atoms with E-state index < -0.39 is 4.75 Å².